The summed E-state index contributed by atoms with van der Waals surface area (Å²) < 4.78 is 44.3. The zero-order valence-electron chi connectivity index (χ0n) is 14.6. The van der Waals surface area contributed by atoms with Crippen molar-refractivity contribution < 1.29 is 17.9 Å². The van der Waals surface area contributed by atoms with Gasteiger partial charge in [-0.15, -0.1) is 0 Å². The van der Waals surface area contributed by atoms with E-state index in [1.54, 1.807) is 6.20 Å². The molecular formula is C18H19F3N4O2. The summed E-state index contributed by atoms with van der Waals surface area (Å²) >= 11 is 0. The Kier molecular flexibility index (Phi) is 4.63. The number of nitrogens with one attached hydrogen (secondary N) is 1. The maximum Gasteiger partial charge on any atom is 0.449 e. The Hall–Kier alpha value is -2.42. The summed E-state index contributed by atoms with van der Waals surface area (Å²) in [5.41, 5.74) is 0.684. The Bertz CT molecular complexity index is 893. The van der Waals surface area contributed by atoms with Gasteiger partial charge in [0.05, 0.1) is 17.9 Å². The minimum Gasteiger partial charge on any atom is -0.477 e. The molecule has 4 rings (SSSR count). The summed E-state index contributed by atoms with van der Waals surface area (Å²) in [6.07, 6.45) is -0.332. The van der Waals surface area contributed by atoms with Crippen molar-refractivity contribution >= 4 is 0 Å². The summed E-state index contributed by atoms with van der Waals surface area (Å²) in [6.45, 7) is 1.91. The first-order valence-electron chi connectivity index (χ1n) is 8.88. The quantitative estimate of drug-likeness (QED) is 0.863. The van der Waals surface area contributed by atoms with Gasteiger partial charge in [-0.1, -0.05) is 6.07 Å². The predicted octanol–water partition coefficient (Wildman–Crippen LogP) is 2.53. The second-order valence-corrected chi connectivity index (χ2v) is 7.02. The van der Waals surface area contributed by atoms with E-state index in [0.717, 1.165) is 5.56 Å². The summed E-state index contributed by atoms with van der Waals surface area (Å²) in [5.74, 6) is -0.0495. The van der Waals surface area contributed by atoms with Gasteiger partial charge >= 0.3 is 6.18 Å². The van der Waals surface area contributed by atoms with Crippen molar-refractivity contribution in [2.75, 3.05) is 13.2 Å². The zero-order chi connectivity index (χ0) is 19.0. The maximum absolute atomic E-state index is 12.8. The number of aromatic amines is 1. The molecule has 3 heterocycles. The van der Waals surface area contributed by atoms with E-state index in [1.165, 1.54) is 12.8 Å². The lowest BCUT2D eigenvalue weighted by Gasteiger charge is -2.28. The number of ether oxygens (including phenoxy) is 1. The molecule has 0 aromatic carbocycles. The average molecular weight is 380 g/mol. The third kappa shape index (κ3) is 4.13. The van der Waals surface area contributed by atoms with Gasteiger partial charge in [0.25, 0.3) is 5.56 Å². The summed E-state index contributed by atoms with van der Waals surface area (Å²) in [4.78, 5) is 23.9. The molecule has 2 aromatic rings. The minimum absolute atomic E-state index is 0.221. The van der Waals surface area contributed by atoms with Crippen LogP contribution in [0.4, 0.5) is 13.2 Å². The van der Waals surface area contributed by atoms with Crippen LogP contribution in [0.5, 0.6) is 5.88 Å². The number of fused-ring (bicyclic) bond motifs is 1. The highest BCUT2D eigenvalue weighted by Crippen LogP contribution is 2.30. The molecule has 1 fully saturated rings. The van der Waals surface area contributed by atoms with Gasteiger partial charge in [0, 0.05) is 37.8 Å². The molecule has 0 atom stereocenters. The molecule has 0 spiro atoms. The van der Waals surface area contributed by atoms with Gasteiger partial charge in [-0.2, -0.15) is 13.2 Å². The van der Waals surface area contributed by atoms with E-state index in [-0.39, 0.29) is 12.2 Å². The molecule has 0 bridgehead atoms. The van der Waals surface area contributed by atoms with E-state index >= 15 is 0 Å². The highest BCUT2D eigenvalue weighted by atomic mass is 19.4. The summed E-state index contributed by atoms with van der Waals surface area (Å²) in [5, 5.41) is 0. The van der Waals surface area contributed by atoms with Crippen LogP contribution in [0.2, 0.25) is 0 Å². The van der Waals surface area contributed by atoms with Gasteiger partial charge in [0.2, 0.25) is 11.7 Å². The fourth-order valence-electron chi connectivity index (χ4n) is 3.15. The van der Waals surface area contributed by atoms with E-state index < -0.39 is 17.6 Å². The highest BCUT2D eigenvalue weighted by Gasteiger charge is 2.36. The van der Waals surface area contributed by atoms with Gasteiger partial charge < -0.3 is 9.72 Å². The molecule has 1 aliphatic heterocycles. The fourth-order valence-corrected chi connectivity index (χ4v) is 3.15. The summed E-state index contributed by atoms with van der Waals surface area (Å²) in [6, 6.07) is 3.74. The van der Waals surface area contributed by atoms with Crippen LogP contribution in [0.3, 0.4) is 0 Å². The van der Waals surface area contributed by atoms with Gasteiger partial charge in [-0.25, -0.2) is 9.97 Å². The van der Waals surface area contributed by atoms with Crippen LogP contribution in [0, 0.1) is 5.92 Å². The number of hydrogen-bond acceptors (Lipinski definition) is 5. The number of aromatic nitrogens is 3. The number of halogens is 3. The smallest absolute Gasteiger partial charge is 0.449 e. The standard InChI is InChI=1S/C18H19F3N4O2/c19-18(20,21)17-23-14-5-7-25(9-13(14)15(26)24-17)8-12-2-1-6-22-16(12)27-10-11-3-4-11/h1-2,6,11H,3-5,7-10H2,(H,23,24,26). The SMILES string of the molecule is O=c1[nH]c(C(F)(F)F)nc2c1CN(Cc1cccnc1OCC1CC1)CC2. The lowest BCUT2D eigenvalue weighted by Crippen LogP contribution is -2.36. The number of hydrogen-bond donors (Lipinski definition) is 1. The van der Waals surface area contributed by atoms with Crippen LogP contribution in [-0.2, 0) is 25.7 Å². The maximum atomic E-state index is 12.8. The van der Waals surface area contributed by atoms with Crippen LogP contribution in [0.15, 0.2) is 23.1 Å². The monoisotopic (exact) mass is 380 g/mol. The van der Waals surface area contributed by atoms with Crippen molar-refractivity contribution in [3.63, 3.8) is 0 Å². The highest BCUT2D eigenvalue weighted by molar-refractivity contribution is 5.27. The molecule has 2 aliphatic rings. The summed E-state index contributed by atoms with van der Waals surface area (Å²) in [7, 11) is 0. The fraction of sp³-hybridized carbons (Fsp3) is 0.500. The number of nitrogens with zero attached hydrogens (tertiary/aromatic N) is 3. The Morgan fingerprint density at radius 2 is 2.15 bits per heavy atom. The minimum atomic E-state index is -4.66. The molecule has 0 saturated heterocycles. The molecule has 0 radical (unpaired) electrons. The Labute approximate surface area is 153 Å². The molecule has 6 nitrogen and oxygen atoms in total. The molecule has 1 saturated carbocycles. The van der Waals surface area contributed by atoms with Crippen molar-refractivity contribution in [2.45, 2.75) is 38.5 Å². The van der Waals surface area contributed by atoms with Gasteiger partial charge in [-0.3, -0.25) is 9.69 Å². The van der Waals surface area contributed by atoms with Crippen LogP contribution < -0.4 is 10.3 Å². The normalized spacial score (nSPS) is 17.6. The van der Waals surface area contributed by atoms with Crippen LogP contribution in [0.25, 0.3) is 0 Å². The van der Waals surface area contributed by atoms with Crippen molar-refractivity contribution in [1.29, 1.82) is 0 Å². The number of H-pyrrole nitrogens is 1. The third-order valence-corrected chi connectivity index (χ3v) is 4.81. The molecule has 2 aromatic heterocycles. The lowest BCUT2D eigenvalue weighted by molar-refractivity contribution is -0.145. The average Bonchev–Trinajstić information content (AvgIpc) is 3.45. The first kappa shape index (κ1) is 18.0. The number of rotatable bonds is 5. The van der Waals surface area contributed by atoms with Gasteiger partial charge in [-0.05, 0) is 24.8 Å². The van der Waals surface area contributed by atoms with E-state index in [2.05, 4.69) is 9.97 Å². The first-order valence-corrected chi connectivity index (χ1v) is 8.88. The molecule has 1 aliphatic carbocycles. The Balaban J connectivity index is 1.50. The van der Waals surface area contributed by atoms with Crippen molar-refractivity contribution in [3.05, 3.63) is 51.3 Å². The number of alkyl halides is 3. The van der Waals surface area contributed by atoms with Gasteiger partial charge in [0.15, 0.2) is 0 Å². The van der Waals surface area contributed by atoms with Crippen molar-refractivity contribution in [2.24, 2.45) is 5.92 Å². The molecule has 27 heavy (non-hydrogen) atoms. The lowest BCUT2D eigenvalue weighted by atomic mass is 10.1. The van der Waals surface area contributed by atoms with E-state index in [4.69, 9.17) is 4.74 Å². The van der Waals surface area contributed by atoms with E-state index in [9.17, 15) is 18.0 Å². The van der Waals surface area contributed by atoms with Crippen LogP contribution in [0.1, 0.15) is 35.5 Å². The molecular weight excluding hydrogens is 361 g/mol. The second-order valence-electron chi connectivity index (χ2n) is 7.02. The first-order chi connectivity index (χ1) is 12.9. The second kappa shape index (κ2) is 6.95. The third-order valence-electron chi connectivity index (χ3n) is 4.81. The van der Waals surface area contributed by atoms with E-state index in [1.807, 2.05) is 22.0 Å². The molecule has 9 heteroatoms. The zero-order valence-corrected chi connectivity index (χ0v) is 14.6. The predicted molar refractivity (Wildman–Crippen MR) is 90.1 cm³/mol. The van der Waals surface area contributed by atoms with Crippen LogP contribution >= 0.6 is 0 Å². The van der Waals surface area contributed by atoms with Crippen molar-refractivity contribution in [1.82, 2.24) is 19.9 Å². The molecule has 1 N–H and O–H groups in total. The van der Waals surface area contributed by atoms with E-state index in [0.29, 0.717) is 43.5 Å². The van der Waals surface area contributed by atoms with Crippen LogP contribution in [-0.4, -0.2) is 33.0 Å². The molecule has 0 amide bonds. The van der Waals surface area contributed by atoms with Gasteiger partial charge in [0.1, 0.15) is 0 Å². The topological polar surface area (TPSA) is 71.1 Å². The Morgan fingerprint density at radius 3 is 2.89 bits per heavy atom. The molecule has 144 valence electrons. The largest absolute Gasteiger partial charge is 0.477 e. The molecule has 0 unspecified atom stereocenters. The Morgan fingerprint density at radius 1 is 1.33 bits per heavy atom. The van der Waals surface area contributed by atoms with Crippen molar-refractivity contribution in [3.8, 4) is 5.88 Å². The number of pyridine rings is 1.